The summed E-state index contributed by atoms with van der Waals surface area (Å²) in [4.78, 5) is 31.0. The van der Waals surface area contributed by atoms with Crippen molar-refractivity contribution in [2.45, 2.75) is 12.8 Å². The van der Waals surface area contributed by atoms with Gasteiger partial charge in [-0.25, -0.2) is 9.97 Å². The standard InChI is InChI=1S/C31H22N4O6S/c36-27(37)15-17-1-11-25-23(13-17)34-29(40-25)19-3-7-21(8-4-19)32-31(42)33-22-9-5-20(6-10-22)30-35-24-14-18(16-28(38)39)2-12-26(24)41-30/h1-14H,15-16H2,(H,36,37)(H,38,39)(H2,32,33,42). The predicted octanol–water partition coefficient (Wildman–Crippen LogP) is 6.37. The Kier molecular flexibility index (Phi) is 7.07. The molecule has 0 aliphatic rings. The Morgan fingerprint density at radius 2 is 1.05 bits per heavy atom. The number of carbonyl (C=O) groups is 2. The van der Waals surface area contributed by atoms with E-state index < -0.39 is 11.9 Å². The van der Waals surface area contributed by atoms with Gasteiger partial charge in [-0.1, -0.05) is 12.1 Å². The third kappa shape index (κ3) is 5.96. The molecule has 10 nitrogen and oxygen atoms in total. The van der Waals surface area contributed by atoms with E-state index in [4.69, 9.17) is 31.3 Å². The molecule has 0 bridgehead atoms. The molecule has 0 aliphatic heterocycles. The first-order valence-corrected chi connectivity index (χ1v) is 13.2. The molecule has 208 valence electrons. The lowest BCUT2D eigenvalue weighted by Gasteiger charge is -2.11. The normalized spacial score (nSPS) is 11.0. The Hall–Kier alpha value is -5.55. The zero-order valence-electron chi connectivity index (χ0n) is 21.8. The SMILES string of the molecule is O=C(O)Cc1ccc2oc(-c3ccc(NC(=S)Nc4ccc(-c5nc6cc(CC(=O)O)ccc6o5)cc4)cc3)nc2c1. The number of rotatable bonds is 8. The van der Waals surface area contributed by atoms with E-state index in [1.807, 2.05) is 48.5 Å². The molecule has 6 rings (SSSR count). The summed E-state index contributed by atoms with van der Waals surface area (Å²) in [5.74, 6) is -0.934. The minimum absolute atomic E-state index is 0.0760. The van der Waals surface area contributed by atoms with Gasteiger partial charge in [-0.3, -0.25) is 9.59 Å². The predicted molar refractivity (Wildman–Crippen MR) is 161 cm³/mol. The minimum atomic E-state index is -0.902. The number of carboxylic acids is 2. The van der Waals surface area contributed by atoms with Crippen molar-refractivity contribution in [2.24, 2.45) is 0 Å². The second-order valence-electron chi connectivity index (χ2n) is 9.52. The molecule has 0 radical (unpaired) electrons. The van der Waals surface area contributed by atoms with Crippen LogP contribution in [0, 0.1) is 0 Å². The lowest BCUT2D eigenvalue weighted by Crippen LogP contribution is -2.18. The average molecular weight is 579 g/mol. The lowest BCUT2D eigenvalue weighted by molar-refractivity contribution is -0.137. The number of carboxylic acid groups (broad SMARTS) is 2. The van der Waals surface area contributed by atoms with Crippen LogP contribution in [0.5, 0.6) is 0 Å². The molecule has 0 saturated carbocycles. The summed E-state index contributed by atoms with van der Waals surface area (Å²) in [5.41, 5.74) is 6.74. The van der Waals surface area contributed by atoms with Gasteiger partial charge in [0, 0.05) is 22.5 Å². The molecule has 2 heterocycles. The van der Waals surface area contributed by atoms with Crippen LogP contribution in [0.1, 0.15) is 11.1 Å². The fourth-order valence-electron chi connectivity index (χ4n) is 4.45. The van der Waals surface area contributed by atoms with Crippen molar-refractivity contribution in [1.29, 1.82) is 0 Å². The highest BCUT2D eigenvalue weighted by atomic mass is 32.1. The number of nitrogens with one attached hydrogen (secondary N) is 2. The molecule has 0 fully saturated rings. The van der Waals surface area contributed by atoms with E-state index in [1.54, 1.807) is 36.4 Å². The first kappa shape index (κ1) is 26.7. The lowest BCUT2D eigenvalue weighted by atomic mass is 10.1. The summed E-state index contributed by atoms with van der Waals surface area (Å²) in [6.07, 6.45) is -0.152. The molecule has 42 heavy (non-hydrogen) atoms. The van der Waals surface area contributed by atoms with Gasteiger partial charge in [0.2, 0.25) is 11.8 Å². The third-order valence-electron chi connectivity index (χ3n) is 6.39. The third-order valence-corrected chi connectivity index (χ3v) is 6.60. The van der Waals surface area contributed by atoms with E-state index in [0.717, 1.165) is 22.5 Å². The van der Waals surface area contributed by atoms with Crippen molar-refractivity contribution in [2.75, 3.05) is 10.6 Å². The van der Waals surface area contributed by atoms with Crippen LogP contribution >= 0.6 is 12.2 Å². The second-order valence-corrected chi connectivity index (χ2v) is 9.93. The van der Waals surface area contributed by atoms with E-state index in [1.165, 1.54) is 0 Å². The summed E-state index contributed by atoms with van der Waals surface area (Å²) < 4.78 is 11.7. The van der Waals surface area contributed by atoms with E-state index in [2.05, 4.69) is 20.6 Å². The zero-order chi connectivity index (χ0) is 29.2. The second kappa shape index (κ2) is 11.1. The maximum Gasteiger partial charge on any atom is 0.307 e. The molecule has 0 atom stereocenters. The average Bonchev–Trinajstić information content (AvgIpc) is 3.57. The number of hydrogen-bond acceptors (Lipinski definition) is 7. The number of nitrogens with zero attached hydrogens (tertiary/aromatic N) is 2. The fourth-order valence-corrected chi connectivity index (χ4v) is 4.68. The van der Waals surface area contributed by atoms with E-state index in [0.29, 0.717) is 50.2 Å². The smallest absolute Gasteiger partial charge is 0.307 e. The number of hydrogen-bond donors (Lipinski definition) is 4. The number of fused-ring (bicyclic) bond motifs is 2. The highest BCUT2D eigenvalue weighted by Crippen LogP contribution is 2.28. The number of thiocarbonyl (C=S) groups is 1. The highest BCUT2D eigenvalue weighted by molar-refractivity contribution is 7.80. The van der Waals surface area contributed by atoms with Crippen LogP contribution in [0.3, 0.4) is 0 Å². The van der Waals surface area contributed by atoms with Crippen LogP contribution in [0.4, 0.5) is 11.4 Å². The molecule has 0 unspecified atom stereocenters. The maximum absolute atomic E-state index is 11.0. The molecular formula is C31H22N4O6S. The Morgan fingerprint density at radius 3 is 1.43 bits per heavy atom. The quantitative estimate of drug-likeness (QED) is 0.149. The molecule has 6 aromatic rings. The van der Waals surface area contributed by atoms with Gasteiger partial charge in [0.15, 0.2) is 16.3 Å². The summed E-state index contributed by atoms with van der Waals surface area (Å²) in [5, 5.41) is 24.7. The van der Waals surface area contributed by atoms with Gasteiger partial charge in [0.05, 0.1) is 12.8 Å². The Morgan fingerprint density at radius 1 is 0.643 bits per heavy atom. The number of aliphatic carboxylic acids is 2. The van der Waals surface area contributed by atoms with E-state index >= 15 is 0 Å². The van der Waals surface area contributed by atoms with Crippen LogP contribution in [0.25, 0.3) is 45.1 Å². The first-order chi connectivity index (χ1) is 20.3. The van der Waals surface area contributed by atoms with Gasteiger partial charge in [0.25, 0.3) is 0 Å². The Balaban J connectivity index is 1.08. The molecule has 11 heteroatoms. The van der Waals surface area contributed by atoms with E-state index in [-0.39, 0.29) is 12.8 Å². The van der Waals surface area contributed by atoms with Crippen molar-refractivity contribution in [3.05, 3.63) is 96.1 Å². The molecule has 0 saturated heterocycles. The summed E-state index contributed by atoms with van der Waals surface area (Å²) in [7, 11) is 0. The number of oxazole rings is 2. The zero-order valence-corrected chi connectivity index (χ0v) is 22.6. The van der Waals surface area contributed by atoms with Crippen LogP contribution in [-0.2, 0) is 22.4 Å². The molecule has 4 aromatic carbocycles. The first-order valence-electron chi connectivity index (χ1n) is 12.8. The minimum Gasteiger partial charge on any atom is -0.481 e. The van der Waals surface area contributed by atoms with Crippen LogP contribution in [0.15, 0.2) is 93.8 Å². The van der Waals surface area contributed by atoms with Gasteiger partial charge >= 0.3 is 11.9 Å². The molecular weight excluding hydrogens is 556 g/mol. The monoisotopic (exact) mass is 578 g/mol. The largest absolute Gasteiger partial charge is 0.481 e. The molecule has 0 spiro atoms. The van der Waals surface area contributed by atoms with Gasteiger partial charge in [-0.05, 0) is 96.1 Å². The molecule has 4 N–H and O–H groups in total. The van der Waals surface area contributed by atoms with Gasteiger partial charge in [-0.2, -0.15) is 0 Å². The van der Waals surface area contributed by atoms with Crippen molar-refractivity contribution >= 4 is 62.8 Å². The number of anilines is 2. The molecule has 0 amide bonds. The van der Waals surface area contributed by atoms with Crippen LogP contribution in [0.2, 0.25) is 0 Å². The van der Waals surface area contributed by atoms with Gasteiger partial charge in [-0.15, -0.1) is 0 Å². The van der Waals surface area contributed by atoms with E-state index in [9.17, 15) is 9.59 Å². The van der Waals surface area contributed by atoms with Crippen molar-refractivity contribution in [1.82, 2.24) is 9.97 Å². The number of benzene rings is 4. The summed E-state index contributed by atoms with van der Waals surface area (Å²) in [6, 6.07) is 25.2. The molecule has 0 aliphatic carbocycles. The summed E-state index contributed by atoms with van der Waals surface area (Å²) >= 11 is 5.47. The maximum atomic E-state index is 11.0. The van der Waals surface area contributed by atoms with Crippen LogP contribution < -0.4 is 10.6 Å². The highest BCUT2D eigenvalue weighted by Gasteiger charge is 2.12. The van der Waals surface area contributed by atoms with Crippen molar-refractivity contribution < 1.29 is 28.6 Å². The van der Waals surface area contributed by atoms with Crippen molar-refractivity contribution in [3.8, 4) is 22.9 Å². The summed E-state index contributed by atoms with van der Waals surface area (Å²) in [6.45, 7) is 0. The van der Waals surface area contributed by atoms with Gasteiger partial charge < -0.3 is 29.7 Å². The molecule has 2 aromatic heterocycles. The fraction of sp³-hybridized carbons (Fsp3) is 0.0645. The van der Waals surface area contributed by atoms with Crippen molar-refractivity contribution in [3.63, 3.8) is 0 Å². The van der Waals surface area contributed by atoms with Crippen LogP contribution in [-0.4, -0.2) is 37.2 Å². The Labute approximate surface area is 243 Å². The number of aromatic nitrogens is 2. The van der Waals surface area contributed by atoms with Gasteiger partial charge in [0.1, 0.15) is 11.0 Å². The topological polar surface area (TPSA) is 151 Å². The Bertz CT molecular complexity index is 1820.